The third-order valence-electron chi connectivity index (χ3n) is 3.25. The van der Waals surface area contributed by atoms with Crippen molar-refractivity contribution >= 4 is 23.0 Å². The Hall–Kier alpha value is -1.16. The Morgan fingerprint density at radius 2 is 1.78 bits per heavy atom. The molecule has 2 atom stereocenters. The summed E-state index contributed by atoms with van der Waals surface area (Å²) in [4.78, 5) is 2.21. The van der Waals surface area contributed by atoms with Gasteiger partial charge in [-0.2, -0.15) is 0 Å². The Morgan fingerprint density at radius 1 is 1.22 bits per heavy atom. The maximum atomic E-state index is 12.8. The minimum atomic E-state index is -0.230. The molecule has 0 spiro atoms. The summed E-state index contributed by atoms with van der Waals surface area (Å²) in [6.45, 7) is 6.50. The van der Waals surface area contributed by atoms with Crippen LogP contribution < -0.4 is 5.32 Å². The SMILES string of the molecule is C[C@H]1C[C@H](C)CN(C(=S)Nc2ccc(F)cc2)C1. The predicted octanol–water partition coefficient (Wildman–Crippen LogP) is 3.50. The first-order valence-electron chi connectivity index (χ1n) is 6.36. The summed E-state index contributed by atoms with van der Waals surface area (Å²) >= 11 is 5.42. The number of thiocarbonyl (C=S) groups is 1. The number of likely N-dealkylation sites (tertiary alicyclic amines) is 1. The maximum absolute atomic E-state index is 12.8. The van der Waals surface area contributed by atoms with Crippen molar-refractivity contribution in [3.05, 3.63) is 30.1 Å². The number of halogens is 1. The number of anilines is 1. The van der Waals surface area contributed by atoms with Gasteiger partial charge < -0.3 is 10.2 Å². The molecule has 2 nitrogen and oxygen atoms in total. The summed E-state index contributed by atoms with van der Waals surface area (Å²) in [5.74, 6) is 1.11. The molecule has 0 unspecified atom stereocenters. The largest absolute Gasteiger partial charge is 0.348 e. The molecule has 1 fully saturated rings. The zero-order chi connectivity index (χ0) is 13.1. The van der Waals surface area contributed by atoms with E-state index in [9.17, 15) is 4.39 Å². The van der Waals surface area contributed by atoms with E-state index < -0.39 is 0 Å². The first kappa shape index (κ1) is 13.3. The molecular weight excluding hydrogens is 247 g/mol. The van der Waals surface area contributed by atoms with Crippen molar-refractivity contribution in [1.82, 2.24) is 4.90 Å². The maximum Gasteiger partial charge on any atom is 0.173 e. The average molecular weight is 266 g/mol. The molecule has 0 bridgehead atoms. The third-order valence-corrected chi connectivity index (χ3v) is 3.61. The molecule has 0 radical (unpaired) electrons. The Bertz CT molecular complexity index is 408. The van der Waals surface area contributed by atoms with Gasteiger partial charge in [-0.15, -0.1) is 0 Å². The van der Waals surface area contributed by atoms with Gasteiger partial charge in [-0.05, 0) is 54.7 Å². The van der Waals surface area contributed by atoms with Crippen LogP contribution in [-0.4, -0.2) is 23.1 Å². The number of hydrogen-bond donors (Lipinski definition) is 1. The fraction of sp³-hybridized carbons (Fsp3) is 0.500. The smallest absolute Gasteiger partial charge is 0.173 e. The van der Waals surface area contributed by atoms with Gasteiger partial charge in [-0.1, -0.05) is 13.8 Å². The molecule has 2 rings (SSSR count). The van der Waals surface area contributed by atoms with Gasteiger partial charge in [0.2, 0.25) is 0 Å². The van der Waals surface area contributed by atoms with Crippen molar-refractivity contribution < 1.29 is 4.39 Å². The molecule has 0 saturated carbocycles. The van der Waals surface area contributed by atoms with Crippen LogP contribution in [0.3, 0.4) is 0 Å². The van der Waals surface area contributed by atoms with Crippen LogP contribution in [0.15, 0.2) is 24.3 Å². The van der Waals surface area contributed by atoms with E-state index in [1.54, 1.807) is 12.1 Å². The summed E-state index contributed by atoms with van der Waals surface area (Å²) in [6, 6.07) is 6.29. The third kappa shape index (κ3) is 3.42. The van der Waals surface area contributed by atoms with Gasteiger partial charge in [0.05, 0.1) is 0 Å². The standard InChI is InChI=1S/C14H19FN2S/c1-10-7-11(2)9-17(8-10)14(18)16-13-5-3-12(15)4-6-13/h3-6,10-11H,7-9H2,1-2H3,(H,16,18)/t10-,11-/m0/s1. The molecule has 1 aliphatic heterocycles. The Labute approximate surface area is 113 Å². The van der Waals surface area contributed by atoms with E-state index >= 15 is 0 Å². The van der Waals surface area contributed by atoms with Crippen LogP contribution in [0.5, 0.6) is 0 Å². The van der Waals surface area contributed by atoms with Crippen molar-refractivity contribution in [3.8, 4) is 0 Å². The molecule has 1 heterocycles. The second-order valence-electron chi connectivity index (χ2n) is 5.29. The Morgan fingerprint density at radius 3 is 2.33 bits per heavy atom. The minimum Gasteiger partial charge on any atom is -0.348 e. The van der Waals surface area contributed by atoms with Crippen LogP contribution in [0.2, 0.25) is 0 Å². The van der Waals surface area contributed by atoms with Crippen molar-refractivity contribution in [3.63, 3.8) is 0 Å². The van der Waals surface area contributed by atoms with Gasteiger partial charge >= 0.3 is 0 Å². The molecule has 1 saturated heterocycles. The topological polar surface area (TPSA) is 15.3 Å². The van der Waals surface area contributed by atoms with E-state index in [1.807, 2.05) is 0 Å². The zero-order valence-corrected chi connectivity index (χ0v) is 11.6. The van der Waals surface area contributed by atoms with Gasteiger partial charge in [-0.25, -0.2) is 4.39 Å². The van der Waals surface area contributed by atoms with Crippen LogP contribution in [0, 0.1) is 17.7 Å². The highest BCUT2D eigenvalue weighted by molar-refractivity contribution is 7.80. The van der Waals surface area contributed by atoms with E-state index in [0.717, 1.165) is 23.9 Å². The molecule has 0 aliphatic carbocycles. The average Bonchev–Trinajstić information content (AvgIpc) is 2.31. The van der Waals surface area contributed by atoms with Gasteiger partial charge in [0, 0.05) is 18.8 Å². The molecule has 1 aromatic rings. The number of piperidine rings is 1. The number of benzene rings is 1. The minimum absolute atomic E-state index is 0.230. The molecule has 1 N–H and O–H groups in total. The molecule has 1 aromatic carbocycles. The number of hydrogen-bond acceptors (Lipinski definition) is 1. The Balaban J connectivity index is 1.97. The van der Waals surface area contributed by atoms with Crippen molar-refractivity contribution in [1.29, 1.82) is 0 Å². The summed E-state index contributed by atoms with van der Waals surface area (Å²) < 4.78 is 12.8. The van der Waals surface area contributed by atoms with E-state index in [-0.39, 0.29) is 5.82 Å². The Kier molecular flexibility index (Phi) is 4.17. The highest BCUT2D eigenvalue weighted by Gasteiger charge is 2.23. The lowest BCUT2D eigenvalue weighted by Gasteiger charge is -2.36. The van der Waals surface area contributed by atoms with Gasteiger partial charge in [0.25, 0.3) is 0 Å². The predicted molar refractivity (Wildman–Crippen MR) is 77.1 cm³/mol. The fourth-order valence-electron chi connectivity index (χ4n) is 2.56. The fourth-order valence-corrected chi connectivity index (χ4v) is 2.83. The lowest BCUT2D eigenvalue weighted by molar-refractivity contribution is 0.216. The number of nitrogens with zero attached hydrogens (tertiary/aromatic N) is 1. The number of rotatable bonds is 1. The van der Waals surface area contributed by atoms with Crippen LogP contribution >= 0.6 is 12.2 Å². The van der Waals surface area contributed by atoms with E-state index in [0.29, 0.717) is 11.8 Å². The summed E-state index contributed by atoms with van der Waals surface area (Å²) in [7, 11) is 0. The van der Waals surface area contributed by atoms with Crippen molar-refractivity contribution in [2.24, 2.45) is 11.8 Å². The molecule has 98 valence electrons. The highest BCUT2D eigenvalue weighted by Crippen LogP contribution is 2.21. The zero-order valence-electron chi connectivity index (χ0n) is 10.8. The van der Waals surface area contributed by atoms with Crippen molar-refractivity contribution in [2.75, 3.05) is 18.4 Å². The summed E-state index contributed by atoms with van der Waals surface area (Å²) in [6.07, 6.45) is 1.26. The quantitative estimate of drug-likeness (QED) is 0.783. The lowest BCUT2D eigenvalue weighted by Crippen LogP contribution is -2.44. The molecule has 18 heavy (non-hydrogen) atoms. The second-order valence-corrected chi connectivity index (χ2v) is 5.67. The van der Waals surface area contributed by atoms with Gasteiger partial charge in [-0.3, -0.25) is 0 Å². The van der Waals surface area contributed by atoms with Gasteiger partial charge in [0.1, 0.15) is 5.82 Å². The van der Waals surface area contributed by atoms with Crippen LogP contribution in [-0.2, 0) is 0 Å². The summed E-state index contributed by atoms with van der Waals surface area (Å²) in [5.41, 5.74) is 0.840. The molecule has 0 amide bonds. The van der Waals surface area contributed by atoms with E-state index in [4.69, 9.17) is 12.2 Å². The van der Waals surface area contributed by atoms with Crippen LogP contribution in [0.1, 0.15) is 20.3 Å². The van der Waals surface area contributed by atoms with E-state index in [1.165, 1.54) is 18.6 Å². The monoisotopic (exact) mass is 266 g/mol. The van der Waals surface area contributed by atoms with Crippen LogP contribution in [0.4, 0.5) is 10.1 Å². The molecular formula is C14H19FN2S. The lowest BCUT2D eigenvalue weighted by atomic mass is 9.92. The number of nitrogens with one attached hydrogen (secondary N) is 1. The van der Waals surface area contributed by atoms with Crippen LogP contribution in [0.25, 0.3) is 0 Å². The van der Waals surface area contributed by atoms with E-state index in [2.05, 4.69) is 24.1 Å². The normalized spacial score (nSPS) is 23.8. The molecule has 0 aromatic heterocycles. The highest BCUT2D eigenvalue weighted by atomic mass is 32.1. The second kappa shape index (κ2) is 5.65. The first-order chi connectivity index (χ1) is 8.54. The molecule has 4 heteroatoms. The van der Waals surface area contributed by atoms with Crippen molar-refractivity contribution in [2.45, 2.75) is 20.3 Å². The molecule has 1 aliphatic rings. The first-order valence-corrected chi connectivity index (χ1v) is 6.77. The summed E-state index contributed by atoms with van der Waals surface area (Å²) in [5, 5.41) is 3.91. The van der Waals surface area contributed by atoms with Gasteiger partial charge in [0.15, 0.2) is 5.11 Å².